The van der Waals surface area contributed by atoms with E-state index in [1.807, 2.05) is 0 Å². The van der Waals surface area contributed by atoms with Crippen LogP contribution in [0, 0.1) is 0 Å². The van der Waals surface area contributed by atoms with Gasteiger partial charge in [-0.25, -0.2) is 0 Å². The summed E-state index contributed by atoms with van der Waals surface area (Å²) in [7, 11) is 2.18. The van der Waals surface area contributed by atoms with Gasteiger partial charge in [-0.3, -0.25) is 0 Å². The van der Waals surface area contributed by atoms with Crippen LogP contribution >= 0.6 is 0 Å². The van der Waals surface area contributed by atoms with Gasteiger partial charge in [-0.2, -0.15) is 0 Å². The largest absolute Gasteiger partial charge is 0.344 e. The van der Waals surface area contributed by atoms with Crippen molar-refractivity contribution in [3.05, 3.63) is 176 Å². The number of hydrogen-bond donors (Lipinski definition) is 0. The molecule has 0 N–H and O–H groups in total. The Morgan fingerprint density at radius 3 is 1.35 bits per heavy atom. The maximum atomic E-state index is 2.41. The van der Waals surface area contributed by atoms with Crippen LogP contribution < -0.4 is 9.80 Å². The monoisotopic (exact) mass is 624 g/mol. The number of rotatable bonds is 5. The summed E-state index contributed by atoms with van der Waals surface area (Å²) in [6.45, 7) is 0. The van der Waals surface area contributed by atoms with Crippen LogP contribution in [0.15, 0.2) is 176 Å². The predicted molar refractivity (Wildman–Crippen MR) is 212 cm³/mol. The van der Waals surface area contributed by atoms with E-state index in [-0.39, 0.29) is 0 Å². The van der Waals surface area contributed by atoms with Gasteiger partial charge in [-0.15, -0.1) is 0 Å². The van der Waals surface area contributed by atoms with Crippen LogP contribution in [-0.4, -0.2) is 7.05 Å². The van der Waals surface area contributed by atoms with Gasteiger partial charge in [0.2, 0.25) is 0 Å². The molecule has 0 heterocycles. The molecule has 0 saturated carbocycles. The summed E-state index contributed by atoms with van der Waals surface area (Å²) in [5.74, 6) is 0. The zero-order valence-electron chi connectivity index (χ0n) is 27.1. The van der Waals surface area contributed by atoms with Crippen molar-refractivity contribution in [2.24, 2.45) is 0 Å². The van der Waals surface area contributed by atoms with Gasteiger partial charge in [-0.1, -0.05) is 133 Å². The van der Waals surface area contributed by atoms with Crippen molar-refractivity contribution >= 4 is 93.1 Å². The van der Waals surface area contributed by atoms with Crippen molar-refractivity contribution in [1.82, 2.24) is 0 Å². The van der Waals surface area contributed by atoms with Crippen molar-refractivity contribution < 1.29 is 0 Å². The molecule has 0 unspecified atom stereocenters. The number of fused-ring (bicyclic) bond motifs is 4. The van der Waals surface area contributed by atoms with Crippen molar-refractivity contribution in [1.29, 1.82) is 0 Å². The molecule has 230 valence electrons. The quantitative estimate of drug-likeness (QED) is 0.139. The number of nitrogens with zero attached hydrogens (tertiary/aromatic N) is 2. The molecule has 0 radical (unpaired) electrons. The summed E-state index contributed by atoms with van der Waals surface area (Å²) in [6, 6.07) is 64.3. The van der Waals surface area contributed by atoms with Crippen LogP contribution in [0.4, 0.5) is 28.4 Å². The summed E-state index contributed by atoms with van der Waals surface area (Å²) in [5, 5.41) is 15.4. The van der Waals surface area contributed by atoms with E-state index in [4.69, 9.17) is 0 Å². The standard InChI is InChI=1S/C47H32N2/c1-48(43-30-29-41-39-20-7-16-33-15-6-19-38(46(33)39)40-21-10-22-42(43)47(40)41)34-25-27-35(28-26-34)49(44-23-8-13-31-11-2-4-17-36(31)44)45-24-9-14-32-12-3-5-18-37(32)45/h2-30H,1H3. The fourth-order valence-corrected chi connectivity index (χ4v) is 8.10. The maximum absolute atomic E-state index is 2.41. The summed E-state index contributed by atoms with van der Waals surface area (Å²) >= 11 is 0. The summed E-state index contributed by atoms with van der Waals surface area (Å²) in [5.41, 5.74) is 5.77. The first-order chi connectivity index (χ1) is 24.2. The molecule has 2 nitrogen and oxygen atoms in total. The summed E-state index contributed by atoms with van der Waals surface area (Å²) in [6.07, 6.45) is 0. The van der Waals surface area contributed by atoms with Crippen LogP contribution in [0.1, 0.15) is 0 Å². The fourth-order valence-electron chi connectivity index (χ4n) is 8.10. The lowest BCUT2D eigenvalue weighted by Gasteiger charge is -2.29. The van der Waals surface area contributed by atoms with E-state index in [2.05, 4.69) is 193 Å². The van der Waals surface area contributed by atoms with Crippen molar-refractivity contribution in [2.75, 3.05) is 16.8 Å². The molecule has 0 bridgehead atoms. The zero-order chi connectivity index (χ0) is 32.5. The highest BCUT2D eigenvalue weighted by Gasteiger charge is 2.19. The van der Waals surface area contributed by atoms with E-state index in [9.17, 15) is 0 Å². The van der Waals surface area contributed by atoms with Crippen molar-refractivity contribution in [3.63, 3.8) is 0 Å². The highest BCUT2D eigenvalue weighted by atomic mass is 15.1. The average molecular weight is 625 g/mol. The molecule has 0 saturated heterocycles. The minimum absolute atomic E-state index is 1.12. The van der Waals surface area contributed by atoms with E-state index in [0.717, 1.165) is 22.7 Å². The third kappa shape index (κ3) is 4.21. The van der Waals surface area contributed by atoms with Crippen LogP contribution in [-0.2, 0) is 0 Å². The van der Waals surface area contributed by atoms with Crippen LogP contribution in [0.2, 0.25) is 0 Å². The molecule has 0 aliphatic heterocycles. The smallest absolute Gasteiger partial charge is 0.0540 e. The molecule has 0 atom stereocenters. The van der Waals surface area contributed by atoms with Crippen LogP contribution in [0.5, 0.6) is 0 Å². The third-order valence-electron chi connectivity index (χ3n) is 10.4. The predicted octanol–water partition coefficient (Wildman–Crippen LogP) is 13.3. The lowest BCUT2D eigenvalue weighted by molar-refractivity contribution is 1.22. The lowest BCUT2D eigenvalue weighted by Crippen LogP contribution is -2.13. The molecule has 0 aliphatic rings. The Kier molecular flexibility index (Phi) is 6.13. The number of anilines is 5. The van der Waals surface area contributed by atoms with E-state index in [0.29, 0.717) is 0 Å². The van der Waals surface area contributed by atoms with E-state index in [1.54, 1.807) is 0 Å². The summed E-state index contributed by atoms with van der Waals surface area (Å²) in [4.78, 5) is 4.74. The molecule has 49 heavy (non-hydrogen) atoms. The van der Waals surface area contributed by atoms with Crippen LogP contribution in [0.3, 0.4) is 0 Å². The van der Waals surface area contributed by atoms with Gasteiger partial charge >= 0.3 is 0 Å². The van der Waals surface area contributed by atoms with Gasteiger partial charge in [-0.05, 0) is 90.9 Å². The van der Waals surface area contributed by atoms with Gasteiger partial charge < -0.3 is 9.80 Å². The first-order valence-corrected chi connectivity index (χ1v) is 16.9. The average Bonchev–Trinajstić information content (AvgIpc) is 3.17. The Balaban J connectivity index is 1.12. The topological polar surface area (TPSA) is 6.48 Å². The zero-order valence-corrected chi connectivity index (χ0v) is 27.1. The molecule has 0 aromatic heterocycles. The highest BCUT2D eigenvalue weighted by molar-refractivity contribution is 6.34. The third-order valence-corrected chi connectivity index (χ3v) is 10.4. The van der Waals surface area contributed by atoms with Crippen molar-refractivity contribution in [3.8, 4) is 0 Å². The normalized spacial score (nSPS) is 11.8. The first kappa shape index (κ1) is 27.7. The molecule has 0 spiro atoms. The minimum atomic E-state index is 1.12. The van der Waals surface area contributed by atoms with E-state index >= 15 is 0 Å². The van der Waals surface area contributed by atoms with E-state index < -0.39 is 0 Å². The molecule has 0 aliphatic carbocycles. The lowest BCUT2D eigenvalue weighted by atomic mass is 9.89. The van der Waals surface area contributed by atoms with Crippen molar-refractivity contribution in [2.45, 2.75) is 0 Å². The van der Waals surface area contributed by atoms with Crippen LogP contribution in [0.25, 0.3) is 64.6 Å². The van der Waals surface area contributed by atoms with Gasteiger partial charge in [0.05, 0.1) is 11.4 Å². The molecule has 10 aromatic carbocycles. The minimum Gasteiger partial charge on any atom is -0.344 e. The molecule has 10 aromatic rings. The number of hydrogen-bond acceptors (Lipinski definition) is 2. The molecule has 0 amide bonds. The first-order valence-electron chi connectivity index (χ1n) is 16.9. The van der Waals surface area contributed by atoms with Gasteiger partial charge in [0.1, 0.15) is 0 Å². The van der Waals surface area contributed by atoms with Gasteiger partial charge in [0.25, 0.3) is 0 Å². The molecule has 0 fully saturated rings. The Labute approximate surface area is 285 Å². The molecular formula is C47H32N2. The summed E-state index contributed by atoms with van der Waals surface area (Å²) < 4.78 is 0. The molecular weight excluding hydrogens is 593 g/mol. The maximum Gasteiger partial charge on any atom is 0.0540 e. The Morgan fingerprint density at radius 2 is 0.714 bits per heavy atom. The second-order valence-electron chi connectivity index (χ2n) is 13.0. The second kappa shape index (κ2) is 10.8. The fraction of sp³-hybridized carbons (Fsp3) is 0.0213. The second-order valence-corrected chi connectivity index (χ2v) is 13.0. The number of benzene rings is 10. The molecule has 10 rings (SSSR count). The van der Waals surface area contributed by atoms with E-state index in [1.165, 1.54) is 70.3 Å². The Morgan fingerprint density at radius 1 is 0.286 bits per heavy atom. The highest BCUT2D eigenvalue weighted by Crippen LogP contribution is 2.45. The van der Waals surface area contributed by atoms with Gasteiger partial charge in [0.15, 0.2) is 0 Å². The SMILES string of the molecule is CN(c1ccc(N(c2cccc3ccccc23)c2cccc3ccccc23)cc1)c1ccc2c3cccc4cccc(c5cccc1c52)c43. The Bertz CT molecular complexity index is 2710. The molecule has 2 heteroatoms. The Hall–Kier alpha value is -6.38. The van der Waals surface area contributed by atoms with Gasteiger partial charge in [0, 0.05) is 40.3 Å².